The number of carbonyl (C=O) groups is 2. The van der Waals surface area contributed by atoms with Crippen LogP contribution in [0.2, 0.25) is 0 Å². The average Bonchev–Trinajstić information content (AvgIpc) is 2.50. The van der Waals surface area contributed by atoms with E-state index in [1.807, 2.05) is 48.5 Å². The lowest BCUT2D eigenvalue weighted by Gasteiger charge is -2.30. The van der Waals surface area contributed by atoms with Crippen molar-refractivity contribution < 1.29 is 19.1 Å². The van der Waals surface area contributed by atoms with Gasteiger partial charge >= 0.3 is 12.2 Å². The van der Waals surface area contributed by atoms with Gasteiger partial charge in [-0.3, -0.25) is 0 Å². The lowest BCUT2D eigenvalue weighted by molar-refractivity contribution is 0.0499. The number of rotatable bonds is 5. The van der Waals surface area contributed by atoms with Gasteiger partial charge in [0.15, 0.2) is 0 Å². The van der Waals surface area contributed by atoms with Gasteiger partial charge in [-0.2, -0.15) is 5.10 Å². The van der Waals surface area contributed by atoms with E-state index >= 15 is 0 Å². The third kappa shape index (κ3) is 17.8. The maximum Gasteiger partial charge on any atom is 0.428 e. The highest BCUT2D eigenvalue weighted by Crippen LogP contribution is 2.27. The molecule has 1 atom stereocenters. The standard InChI is InChI=1S/C13H27NO2.C12H24N2O2/c1-8-10(12(2,3)4)9-14-11(15)16-13(5,6)7;1-8-9(11(2,3)4)13-14-10(15)16-12(5,6)7/h10H,8-9H2,1-7H3,(H,14,15);8H2,1-7H3,(H,14,15)/b;13-9+. The Morgan fingerprint density at radius 1 is 0.781 bits per heavy atom. The Hall–Kier alpha value is -1.79. The van der Waals surface area contributed by atoms with Crippen molar-refractivity contribution in [3.8, 4) is 0 Å². The molecule has 0 aromatic heterocycles. The summed E-state index contributed by atoms with van der Waals surface area (Å²) in [6.07, 6.45) is 1.02. The Bertz CT molecular complexity index is 601. The second-order valence-corrected chi connectivity index (χ2v) is 12.1. The summed E-state index contributed by atoms with van der Waals surface area (Å²) in [5.74, 6) is 0.472. The molecule has 0 radical (unpaired) electrons. The molecule has 2 N–H and O–H groups in total. The first-order chi connectivity index (χ1) is 14.1. The van der Waals surface area contributed by atoms with Crippen molar-refractivity contribution in [2.24, 2.45) is 21.8 Å². The van der Waals surface area contributed by atoms with Crippen LogP contribution in [0.5, 0.6) is 0 Å². The second kappa shape index (κ2) is 13.0. The van der Waals surface area contributed by atoms with Crippen LogP contribution in [0.3, 0.4) is 0 Å². The van der Waals surface area contributed by atoms with E-state index in [0.717, 1.165) is 18.6 Å². The van der Waals surface area contributed by atoms with Crippen molar-refractivity contribution in [1.29, 1.82) is 0 Å². The zero-order valence-corrected chi connectivity index (χ0v) is 23.3. The molecule has 2 amide bonds. The van der Waals surface area contributed by atoms with Crippen LogP contribution < -0.4 is 10.7 Å². The molecule has 7 heteroatoms. The van der Waals surface area contributed by atoms with Gasteiger partial charge in [0.05, 0.1) is 0 Å². The zero-order chi connectivity index (χ0) is 26.0. The molecule has 0 aromatic rings. The zero-order valence-electron chi connectivity index (χ0n) is 23.3. The van der Waals surface area contributed by atoms with Crippen molar-refractivity contribution in [2.75, 3.05) is 6.54 Å². The molecule has 0 saturated heterocycles. The second-order valence-electron chi connectivity index (χ2n) is 12.1. The van der Waals surface area contributed by atoms with Crippen LogP contribution in [-0.2, 0) is 9.47 Å². The van der Waals surface area contributed by atoms with Gasteiger partial charge in [0.25, 0.3) is 0 Å². The summed E-state index contributed by atoms with van der Waals surface area (Å²) in [5, 5.41) is 6.93. The van der Waals surface area contributed by atoms with Crippen molar-refractivity contribution >= 4 is 17.9 Å². The first kappa shape index (κ1) is 32.4. The van der Waals surface area contributed by atoms with Crippen LogP contribution in [0.25, 0.3) is 0 Å². The van der Waals surface area contributed by atoms with Gasteiger partial charge in [0.2, 0.25) is 0 Å². The van der Waals surface area contributed by atoms with E-state index in [0.29, 0.717) is 12.5 Å². The van der Waals surface area contributed by atoms with Crippen LogP contribution in [0.1, 0.15) is 110 Å². The van der Waals surface area contributed by atoms with E-state index < -0.39 is 17.3 Å². The summed E-state index contributed by atoms with van der Waals surface area (Å²) in [5.41, 5.74) is 2.63. The molecule has 0 heterocycles. The molecule has 1 unspecified atom stereocenters. The molecule has 0 aliphatic rings. The molecular weight excluding hydrogens is 406 g/mol. The van der Waals surface area contributed by atoms with Gasteiger partial charge < -0.3 is 14.8 Å². The lowest BCUT2D eigenvalue weighted by atomic mass is 9.79. The van der Waals surface area contributed by atoms with Crippen LogP contribution in [-0.4, -0.2) is 35.6 Å². The van der Waals surface area contributed by atoms with Crippen LogP contribution in [0.4, 0.5) is 9.59 Å². The first-order valence-electron chi connectivity index (χ1n) is 11.6. The van der Waals surface area contributed by atoms with E-state index in [1.54, 1.807) is 0 Å². The number of carbonyl (C=O) groups excluding carboxylic acids is 2. The van der Waals surface area contributed by atoms with Crippen LogP contribution in [0.15, 0.2) is 5.10 Å². The van der Waals surface area contributed by atoms with E-state index in [-0.39, 0.29) is 16.9 Å². The minimum Gasteiger partial charge on any atom is -0.444 e. The number of ether oxygens (including phenoxy) is 2. The highest BCUT2D eigenvalue weighted by molar-refractivity contribution is 5.89. The quantitative estimate of drug-likeness (QED) is 0.347. The highest BCUT2D eigenvalue weighted by Gasteiger charge is 2.24. The molecule has 0 aliphatic heterocycles. The number of hydrogen-bond donors (Lipinski definition) is 2. The van der Waals surface area contributed by atoms with E-state index in [4.69, 9.17) is 9.47 Å². The van der Waals surface area contributed by atoms with Crippen molar-refractivity contribution in [3.05, 3.63) is 0 Å². The van der Waals surface area contributed by atoms with Crippen LogP contribution in [0, 0.1) is 16.7 Å². The Morgan fingerprint density at radius 2 is 1.22 bits per heavy atom. The average molecular weight is 458 g/mol. The SMILES string of the molecule is CC/C(=N\NC(=O)OC(C)(C)C)C(C)(C)C.CCC(CNC(=O)OC(C)(C)C)C(C)(C)C. The predicted molar refractivity (Wildman–Crippen MR) is 134 cm³/mol. The molecular formula is C25H51N3O4. The number of nitrogens with zero attached hydrogens (tertiary/aromatic N) is 1. The minimum absolute atomic E-state index is 0.0379. The lowest BCUT2D eigenvalue weighted by Crippen LogP contribution is -2.38. The fourth-order valence-corrected chi connectivity index (χ4v) is 2.77. The third-order valence-corrected chi connectivity index (χ3v) is 4.49. The van der Waals surface area contributed by atoms with Gasteiger partial charge in [-0.05, 0) is 59.3 Å². The summed E-state index contributed by atoms with van der Waals surface area (Å²) in [6, 6.07) is 0. The van der Waals surface area contributed by atoms with E-state index in [2.05, 4.69) is 64.3 Å². The topological polar surface area (TPSA) is 89.0 Å². The maximum absolute atomic E-state index is 11.5. The van der Waals surface area contributed by atoms with Crippen LogP contribution >= 0.6 is 0 Å². The molecule has 190 valence electrons. The van der Waals surface area contributed by atoms with Crippen molar-refractivity contribution in [1.82, 2.24) is 10.7 Å². The van der Waals surface area contributed by atoms with E-state index in [1.165, 1.54) is 0 Å². The van der Waals surface area contributed by atoms with Crippen molar-refractivity contribution in [3.63, 3.8) is 0 Å². The molecule has 7 nitrogen and oxygen atoms in total. The van der Waals surface area contributed by atoms with Gasteiger partial charge in [0, 0.05) is 17.7 Å². The summed E-state index contributed by atoms with van der Waals surface area (Å²) >= 11 is 0. The number of hydrazone groups is 1. The number of alkyl carbamates (subject to hydrolysis) is 1. The Labute approximate surface area is 197 Å². The number of hydrogen-bond acceptors (Lipinski definition) is 5. The molecule has 0 bridgehead atoms. The summed E-state index contributed by atoms with van der Waals surface area (Å²) < 4.78 is 10.3. The number of amides is 2. The Kier molecular flexibility index (Phi) is 13.2. The minimum atomic E-state index is -0.511. The fourth-order valence-electron chi connectivity index (χ4n) is 2.77. The monoisotopic (exact) mass is 457 g/mol. The first-order valence-corrected chi connectivity index (χ1v) is 11.6. The molecule has 0 fully saturated rings. The molecule has 0 spiro atoms. The third-order valence-electron chi connectivity index (χ3n) is 4.49. The normalized spacial score (nSPS) is 14.0. The Morgan fingerprint density at radius 3 is 1.53 bits per heavy atom. The molecule has 0 aromatic carbocycles. The van der Waals surface area contributed by atoms with Gasteiger partial charge in [0.1, 0.15) is 11.2 Å². The highest BCUT2D eigenvalue weighted by atomic mass is 16.6. The van der Waals surface area contributed by atoms with Crippen molar-refractivity contribution in [2.45, 2.75) is 121 Å². The largest absolute Gasteiger partial charge is 0.444 e. The number of nitrogens with one attached hydrogen (secondary N) is 2. The summed E-state index contributed by atoms with van der Waals surface area (Å²) in [6.45, 7) is 28.7. The molecule has 32 heavy (non-hydrogen) atoms. The smallest absolute Gasteiger partial charge is 0.428 e. The van der Waals surface area contributed by atoms with Gasteiger partial charge in [-0.15, -0.1) is 0 Å². The predicted octanol–water partition coefficient (Wildman–Crippen LogP) is 6.91. The summed E-state index contributed by atoms with van der Waals surface area (Å²) in [4.78, 5) is 22.8. The molecule has 0 rings (SSSR count). The molecule has 0 aliphatic carbocycles. The maximum atomic E-state index is 11.5. The van der Waals surface area contributed by atoms with Gasteiger partial charge in [-0.1, -0.05) is 61.8 Å². The Balaban J connectivity index is 0. The van der Waals surface area contributed by atoms with Gasteiger partial charge in [-0.25, -0.2) is 15.0 Å². The molecule has 0 saturated carbocycles. The van der Waals surface area contributed by atoms with E-state index in [9.17, 15) is 9.59 Å². The fraction of sp³-hybridized carbons (Fsp3) is 0.880. The summed E-state index contributed by atoms with van der Waals surface area (Å²) in [7, 11) is 0.